The smallest absolute Gasteiger partial charge is 0.206 e. The van der Waals surface area contributed by atoms with Crippen LogP contribution in [0.4, 0.5) is 0 Å². The summed E-state index contributed by atoms with van der Waals surface area (Å²) in [6.45, 7) is 1.93. The van der Waals surface area contributed by atoms with Gasteiger partial charge in [-0.15, -0.1) is 0 Å². The normalized spacial score (nSPS) is 10.8. The van der Waals surface area contributed by atoms with Crippen LogP contribution in [0.2, 0.25) is 0 Å². The van der Waals surface area contributed by atoms with Crippen LogP contribution in [-0.4, -0.2) is 0 Å². The highest BCUT2D eigenvalue weighted by atomic mass is 79.9. The van der Waals surface area contributed by atoms with Crippen LogP contribution in [0.15, 0.2) is 36.6 Å². The van der Waals surface area contributed by atoms with Gasteiger partial charge in [0.2, 0.25) is 5.43 Å². The topological polar surface area (TPSA) is 30.2 Å². The predicted octanol–water partition coefficient (Wildman–Crippen LogP) is 3.63. The molecule has 1 heterocycles. The SMILES string of the molecule is Cc1cc2c(=O)c(Br)coc2cc1Br. The Hall–Kier alpha value is -0.610. The second-order valence-electron chi connectivity index (χ2n) is 3.01. The van der Waals surface area contributed by atoms with E-state index < -0.39 is 0 Å². The predicted molar refractivity (Wildman–Crippen MR) is 62.6 cm³/mol. The molecule has 4 heteroatoms. The largest absolute Gasteiger partial charge is 0.463 e. The summed E-state index contributed by atoms with van der Waals surface area (Å²) in [5, 5.41) is 0.597. The molecule has 2 rings (SSSR count). The molecule has 0 N–H and O–H groups in total. The van der Waals surface area contributed by atoms with Gasteiger partial charge in [0, 0.05) is 4.47 Å². The Labute approximate surface area is 97.2 Å². The molecule has 0 fully saturated rings. The van der Waals surface area contributed by atoms with Crippen LogP contribution in [-0.2, 0) is 0 Å². The fraction of sp³-hybridized carbons (Fsp3) is 0.100. The van der Waals surface area contributed by atoms with Crippen LogP contribution in [0, 0.1) is 6.92 Å². The monoisotopic (exact) mass is 316 g/mol. The van der Waals surface area contributed by atoms with Crippen molar-refractivity contribution in [2.24, 2.45) is 0 Å². The number of fused-ring (bicyclic) bond motifs is 1. The van der Waals surface area contributed by atoms with Crippen molar-refractivity contribution < 1.29 is 4.42 Å². The number of hydrogen-bond acceptors (Lipinski definition) is 2. The number of hydrogen-bond donors (Lipinski definition) is 0. The van der Waals surface area contributed by atoms with E-state index in [0.717, 1.165) is 10.0 Å². The Morgan fingerprint density at radius 3 is 2.64 bits per heavy atom. The first kappa shape index (κ1) is 9.93. The molecule has 0 amide bonds. The molecule has 0 aliphatic rings. The molecule has 0 aliphatic carbocycles. The Balaban J connectivity index is 2.97. The highest BCUT2D eigenvalue weighted by Gasteiger charge is 2.06. The third-order valence-electron chi connectivity index (χ3n) is 2.01. The maximum absolute atomic E-state index is 11.7. The summed E-state index contributed by atoms with van der Waals surface area (Å²) in [6.07, 6.45) is 1.41. The van der Waals surface area contributed by atoms with E-state index >= 15 is 0 Å². The summed E-state index contributed by atoms with van der Waals surface area (Å²) >= 11 is 6.53. The second-order valence-corrected chi connectivity index (χ2v) is 4.72. The van der Waals surface area contributed by atoms with E-state index in [2.05, 4.69) is 31.9 Å². The van der Waals surface area contributed by atoms with E-state index in [-0.39, 0.29) is 5.43 Å². The van der Waals surface area contributed by atoms with Gasteiger partial charge in [0.15, 0.2) is 0 Å². The standard InChI is InChI=1S/C10H6Br2O2/c1-5-2-6-9(3-7(5)11)14-4-8(12)10(6)13/h2-4H,1H3. The minimum Gasteiger partial charge on any atom is -0.463 e. The number of halogens is 2. The maximum atomic E-state index is 11.7. The van der Waals surface area contributed by atoms with Gasteiger partial charge in [0.1, 0.15) is 16.3 Å². The van der Waals surface area contributed by atoms with Crippen LogP contribution in [0.5, 0.6) is 0 Å². The molecule has 0 aliphatic heterocycles. The van der Waals surface area contributed by atoms with E-state index in [0.29, 0.717) is 15.4 Å². The summed E-state index contributed by atoms with van der Waals surface area (Å²) in [4.78, 5) is 11.7. The highest BCUT2D eigenvalue weighted by Crippen LogP contribution is 2.23. The zero-order valence-electron chi connectivity index (χ0n) is 7.30. The van der Waals surface area contributed by atoms with Crippen LogP contribution < -0.4 is 5.43 Å². The first-order valence-corrected chi connectivity index (χ1v) is 5.55. The summed E-state index contributed by atoms with van der Waals surface area (Å²) in [7, 11) is 0. The van der Waals surface area contributed by atoms with E-state index in [1.807, 2.05) is 13.0 Å². The Kier molecular flexibility index (Phi) is 2.49. The lowest BCUT2D eigenvalue weighted by Gasteiger charge is -2.01. The number of rotatable bonds is 0. The minimum atomic E-state index is -0.0400. The Morgan fingerprint density at radius 2 is 1.93 bits per heavy atom. The first-order chi connectivity index (χ1) is 6.59. The quantitative estimate of drug-likeness (QED) is 0.742. The van der Waals surface area contributed by atoms with E-state index in [9.17, 15) is 4.79 Å². The van der Waals surface area contributed by atoms with E-state index in [1.54, 1.807) is 6.07 Å². The fourth-order valence-corrected chi connectivity index (χ4v) is 1.87. The summed E-state index contributed by atoms with van der Waals surface area (Å²) in [5.41, 5.74) is 1.57. The van der Waals surface area contributed by atoms with Gasteiger partial charge >= 0.3 is 0 Å². The average Bonchev–Trinajstić information content (AvgIpc) is 2.15. The first-order valence-electron chi connectivity index (χ1n) is 3.97. The number of aryl methyl sites for hydroxylation is 1. The second kappa shape index (κ2) is 3.51. The minimum absolute atomic E-state index is 0.0400. The zero-order chi connectivity index (χ0) is 10.3. The van der Waals surface area contributed by atoms with Crippen molar-refractivity contribution in [2.45, 2.75) is 6.92 Å². The molecule has 0 bridgehead atoms. The third kappa shape index (κ3) is 1.53. The molecule has 1 aromatic carbocycles. The van der Waals surface area contributed by atoms with Gasteiger partial charge in [0.25, 0.3) is 0 Å². The third-order valence-corrected chi connectivity index (χ3v) is 3.41. The summed E-state index contributed by atoms with van der Waals surface area (Å²) < 4.78 is 6.67. The van der Waals surface area contributed by atoms with Gasteiger partial charge in [-0.3, -0.25) is 4.79 Å². The molecule has 0 saturated heterocycles. The molecule has 14 heavy (non-hydrogen) atoms. The van der Waals surface area contributed by atoms with Crippen LogP contribution in [0.25, 0.3) is 11.0 Å². The van der Waals surface area contributed by atoms with Gasteiger partial charge in [-0.2, -0.15) is 0 Å². The lowest BCUT2D eigenvalue weighted by molar-refractivity contribution is 0.598. The molecule has 72 valence electrons. The molecule has 2 aromatic rings. The molecule has 2 nitrogen and oxygen atoms in total. The van der Waals surface area contributed by atoms with Crippen molar-refractivity contribution in [3.05, 3.63) is 43.1 Å². The van der Waals surface area contributed by atoms with Crippen molar-refractivity contribution in [1.29, 1.82) is 0 Å². The highest BCUT2D eigenvalue weighted by molar-refractivity contribution is 9.10. The van der Waals surface area contributed by atoms with Crippen LogP contribution in [0.1, 0.15) is 5.56 Å². The lowest BCUT2D eigenvalue weighted by Crippen LogP contribution is -2.01. The fourth-order valence-electron chi connectivity index (χ4n) is 1.24. The van der Waals surface area contributed by atoms with Crippen molar-refractivity contribution in [1.82, 2.24) is 0 Å². The van der Waals surface area contributed by atoms with Gasteiger partial charge in [-0.05, 0) is 40.5 Å². The van der Waals surface area contributed by atoms with Crippen LogP contribution >= 0.6 is 31.9 Å². The summed E-state index contributed by atoms with van der Waals surface area (Å²) in [6, 6.07) is 3.62. The van der Waals surface area contributed by atoms with Gasteiger partial charge < -0.3 is 4.42 Å². The Bertz CT molecular complexity index is 558. The van der Waals surface area contributed by atoms with Crippen molar-refractivity contribution >= 4 is 42.8 Å². The number of benzene rings is 1. The van der Waals surface area contributed by atoms with Crippen molar-refractivity contribution in [2.75, 3.05) is 0 Å². The molecule has 0 spiro atoms. The van der Waals surface area contributed by atoms with E-state index in [4.69, 9.17) is 4.42 Å². The van der Waals surface area contributed by atoms with E-state index in [1.165, 1.54) is 6.26 Å². The van der Waals surface area contributed by atoms with Crippen molar-refractivity contribution in [3.63, 3.8) is 0 Å². The molecule has 0 saturated carbocycles. The molecular weight excluding hydrogens is 312 g/mol. The molecule has 0 unspecified atom stereocenters. The average molecular weight is 318 g/mol. The maximum Gasteiger partial charge on any atom is 0.206 e. The van der Waals surface area contributed by atoms with Gasteiger partial charge in [0.05, 0.1) is 5.39 Å². The van der Waals surface area contributed by atoms with Crippen molar-refractivity contribution in [3.8, 4) is 0 Å². The summed E-state index contributed by atoms with van der Waals surface area (Å²) in [5.74, 6) is 0. The van der Waals surface area contributed by atoms with Gasteiger partial charge in [-0.1, -0.05) is 15.9 Å². The lowest BCUT2D eigenvalue weighted by atomic mass is 10.1. The molecule has 0 atom stereocenters. The molecule has 0 radical (unpaired) electrons. The van der Waals surface area contributed by atoms with Crippen LogP contribution in [0.3, 0.4) is 0 Å². The zero-order valence-corrected chi connectivity index (χ0v) is 10.5. The van der Waals surface area contributed by atoms with Gasteiger partial charge in [-0.25, -0.2) is 0 Å². The Morgan fingerprint density at radius 1 is 1.21 bits per heavy atom. The molecule has 1 aromatic heterocycles. The molecular formula is C10H6Br2O2.